The lowest BCUT2D eigenvalue weighted by atomic mass is 9.99. The molecule has 3 rings (SSSR count). The molecule has 28 heavy (non-hydrogen) atoms. The van der Waals surface area contributed by atoms with E-state index in [9.17, 15) is 4.79 Å². The van der Waals surface area contributed by atoms with Crippen molar-refractivity contribution in [2.45, 2.75) is 51.9 Å². The van der Waals surface area contributed by atoms with Crippen molar-refractivity contribution < 1.29 is 4.79 Å². The van der Waals surface area contributed by atoms with E-state index in [1.165, 1.54) is 35.7 Å². The minimum atomic E-state index is 0.00848. The molecule has 1 atom stereocenters. The first kappa shape index (κ1) is 20.8. The SMILES string of the molecule is Cc1cc(C)nc(SCC(=O)NCc2ccccc2CN2CCCC(C)C2)n1. The number of carbonyl (C=O) groups excluding carboxylic acids is 1. The molecule has 0 saturated carbocycles. The van der Waals surface area contributed by atoms with Crippen LogP contribution in [0.5, 0.6) is 0 Å². The van der Waals surface area contributed by atoms with Crippen LogP contribution in [0.15, 0.2) is 35.5 Å². The third kappa shape index (κ3) is 6.31. The number of rotatable bonds is 7. The monoisotopic (exact) mass is 398 g/mol. The Morgan fingerprint density at radius 1 is 1.21 bits per heavy atom. The van der Waals surface area contributed by atoms with E-state index >= 15 is 0 Å². The van der Waals surface area contributed by atoms with E-state index in [4.69, 9.17) is 0 Å². The van der Waals surface area contributed by atoms with Crippen LogP contribution in [0.3, 0.4) is 0 Å². The van der Waals surface area contributed by atoms with Crippen LogP contribution in [0, 0.1) is 19.8 Å². The summed E-state index contributed by atoms with van der Waals surface area (Å²) in [6.07, 6.45) is 2.61. The maximum atomic E-state index is 12.3. The topological polar surface area (TPSA) is 58.1 Å². The quantitative estimate of drug-likeness (QED) is 0.569. The number of hydrogen-bond acceptors (Lipinski definition) is 5. The van der Waals surface area contributed by atoms with Gasteiger partial charge in [-0.25, -0.2) is 9.97 Å². The van der Waals surface area contributed by atoms with Gasteiger partial charge < -0.3 is 5.32 Å². The number of amides is 1. The standard InChI is InChI=1S/C22H30N4OS/c1-16-7-6-10-26(13-16)14-20-9-5-4-8-19(20)12-23-21(27)15-28-22-24-17(2)11-18(3)25-22/h4-5,8-9,11,16H,6-7,10,12-15H2,1-3H3,(H,23,27). The van der Waals surface area contributed by atoms with Crippen molar-refractivity contribution in [2.24, 2.45) is 5.92 Å². The smallest absolute Gasteiger partial charge is 0.230 e. The maximum Gasteiger partial charge on any atom is 0.230 e. The van der Waals surface area contributed by atoms with Gasteiger partial charge in [-0.1, -0.05) is 43.0 Å². The fourth-order valence-corrected chi connectivity index (χ4v) is 4.47. The van der Waals surface area contributed by atoms with Gasteiger partial charge in [-0.3, -0.25) is 9.69 Å². The van der Waals surface area contributed by atoms with Gasteiger partial charge in [0, 0.05) is 31.0 Å². The number of aromatic nitrogens is 2. The summed E-state index contributed by atoms with van der Waals surface area (Å²) < 4.78 is 0. The van der Waals surface area contributed by atoms with Gasteiger partial charge in [-0.05, 0) is 56.3 Å². The van der Waals surface area contributed by atoms with Gasteiger partial charge in [0.05, 0.1) is 5.75 Å². The first-order chi connectivity index (χ1) is 13.5. The number of thioether (sulfide) groups is 1. The van der Waals surface area contributed by atoms with E-state index in [1.54, 1.807) is 0 Å². The van der Waals surface area contributed by atoms with Gasteiger partial charge in [0.25, 0.3) is 0 Å². The minimum Gasteiger partial charge on any atom is -0.351 e. The molecular formula is C22H30N4OS. The largest absolute Gasteiger partial charge is 0.351 e. The molecule has 0 bridgehead atoms. The molecule has 0 radical (unpaired) electrons. The number of hydrogen-bond donors (Lipinski definition) is 1. The molecule has 2 aromatic rings. The van der Waals surface area contributed by atoms with Crippen LogP contribution >= 0.6 is 11.8 Å². The molecule has 0 spiro atoms. The second-order valence-electron chi connectivity index (χ2n) is 7.75. The van der Waals surface area contributed by atoms with Crippen LogP contribution in [-0.2, 0) is 17.9 Å². The highest BCUT2D eigenvalue weighted by Gasteiger charge is 2.17. The van der Waals surface area contributed by atoms with E-state index in [0.717, 1.165) is 36.9 Å². The number of piperidine rings is 1. The summed E-state index contributed by atoms with van der Waals surface area (Å²) in [4.78, 5) is 23.6. The Balaban J connectivity index is 1.51. The van der Waals surface area contributed by atoms with Crippen molar-refractivity contribution in [1.29, 1.82) is 0 Å². The van der Waals surface area contributed by atoms with Crippen LogP contribution in [-0.4, -0.2) is 39.6 Å². The molecule has 2 heterocycles. The lowest BCUT2D eigenvalue weighted by molar-refractivity contribution is -0.118. The van der Waals surface area contributed by atoms with Gasteiger partial charge in [0.15, 0.2) is 5.16 Å². The second kappa shape index (κ2) is 10.0. The summed E-state index contributed by atoms with van der Waals surface area (Å²) in [7, 11) is 0. The fourth-order valence-electron chi connectivity index (χ4n) is 3.69. The zero-order valence-electron chi connectivity index (χ0n) is 17.1. The molecule has 6 heteroatoms. The number of likely N-dealkylation sites (tertiary alicyclic amines) is 1. The van der Waals surface area contributed by atoms with E-state index in [1.807, 2.05) is 26.0 Å². The lowest BCUT2D eigenvalue weighted by Crippen LogP contribution is -2.34. The van der Waals surface area contributed by atoms with Crippen molar-refractivity contribution >= 4 is 17.7 Å². The minimum absolute atomic E-state index is 0.00848. The second-order valence-corrected chi connectivity index (χ2v) is 8.69. The molecular weight excluding hydrogens is 368 g/mol. The fraction of sp³-hybridized carbons (Fsp3) is 0.500. The highest BCUT2D eigenvalue weighted by molar-refractivity contribution is 7.99. The molecule has 150 valence electrons. The van der Waals surface area contributed by atoms with Crippen molar-refractivity contribution in [1.82, 2.24) is 20.2 Å². The van der Waals surface area contributed by atoms with Crippen LogP contribution in [0.4, 0.5) is 0 Å². The summed E-state index contributed by atoms with van der Waals surface area (Å²) in [5, 5.41) is 3.71. The summed E-state index contributed by atoms with van der Waals surface area (Å²) in [6, 6.07) is 10.4. The third-order valence-electron chi connectivity index (χ3n) is 5.02. The molecule has 1 aliphatic rings. The first-order valence-corrected chi connectivity index (χ1v) is 11.0. The normalized spacial score (nSPS) is 17.5. The van der Waals surface area contributed by atoms with Crippen LogP contribution < -0.4 is 5.32 Å². The molecule has 1 saturated heterocycles. The third-order valence-corrected chi connectivity index (χ3v) is 5.87. The molecule has 1 aliphatic heterocycles. The average molecular weight is 399 g/mol. The number of carbonyl (C=O) groups is 1. The maximum absolute atomic E-state index is 12.3. The van der Waals surface area contributed by atoms with Crippen molar-refractivity contribution in [2.75, 3.05) is 18.8 Å². The van der Waals surface area contributed by atoms with E-state index in [-0.39, 0.29) is 5.91 Å². The number of nitrogens with zero attached hydrogens (tertiary/aromatic N) is 3. The highest BCUT2D eigenvalue weighted by atomic mass is 32.2. The molecule has 1 aromatic heterocycles. The predicted octanol–water partition coefficient (Wildman–Crippen LogP) is 3.73. The zero-order chi connectivity index (χ0) is 19.9. The Morgan fingerprint density at radius 3 is 2.64 bits per heavy atom. The van der Waals surface area contributed by atoms with Gasteiger partial charge in [0.1, 0.15) is 0 Å². The zero-order valence-corrected chi connectivity index (χ0v) is 17.9. The van der Waals surface area contributed by atoms with Crippen LogP contribution in [0.25, 0.3) is 0 Å². The predicted molar refractivity (Wildman–Crippen MR) is 114 cm³/mol. The van der Waals surface area contributed by atoms with Crippen LogP contribution in [0.2, 0.25) is 0 Å². The van der Waals surface area contributed by atoms with Gasteiger partial charge >= 0.3 is 0 Å². The van der Waals surface area contributed by atoms with E-state index < -0.39 is 0 Å². The highest BCUT2D eigenvalue weighted by Crippen LogP contribution is 2.20. The molecule has 1 N–H and O–H groups in total. The average Bonchev–Trinajstić information content (AvgIpc) is 2.65. The molecule has 1 fully saturated rings. The summed E-state index contributed by atoms with van der Waals surface area (Å²) in [5.74, 6) is 1.11. The molecule has 0 aliphatic carbocycles. The number of nitrogens with one attached hydrogen (secondary N) is 1. The van der Waals surface area contributed by atoms with Crippen LogP contribution in [0.1, 0.15) is 42.3 Å². The Kier molecular flexibility index (Phi) is 7.45. The Labute approximate surface area is 172 Å². The van der Waals surface area contributed by atoms with Gasteiger partial charge in [-0.15, -0.1) is 0 Å². The van der Waals surface area contributed by atoms with Gasteiger partial charge in [0.2, 0.25) is 5.91 Å². The first-order valence-electron chi connectivity index (χ1n) is 10.0. The molecule has 1 aromatic carbocycles. The summed E-state index contributed by atoms with van der Waals surface area (Å²) in [6.45, 7) is 10.1. The van der Waals surface area contributed by atoms with Crippen molar-refractivity contribution in [3.05, 3.63) is 52.8 Å². The van der Waals surface area contributed by atoms with E-state index in [0.29, 0.717) is 17.5 Å². The molecule has 1 amide bonds. The van der Waals surface area contributed by atoms with E-state index in [2.05, 4.69) is 45.3 Å². The lowest BCUT2D eigenvalue weighted by Gasteiger charge is -2.31. The number of benzene rings is 1. The van der Waals surface area contributed by atoms with Gasteiger partial charge in [-0.2, -0.15) is 0 Å². The number of aryl methyl sites for hydroxylation is 2. The summed E-state index contributed by atoms with van der Waals surface area (Å²) in [5.41, 5.74) is 4.36. The summed E-state index contributed by atoms with van der Waals surface area (Å²) >= 11 is 1.38. The Hall–Kier alpha value is -1.92. The molecule has 1 unspecified atom stereocenters. The molecule has 5 nitrogen and oxygen atoms in total. The van der Waals surface area contributed by atoms with Crippen molar-refractivity contribution in [3.8, 4) is 0 Å². The van der Waals surface area contributed by atoms with Crippen molar-refractivity contribution in [3.63, 3.8) is 0 Å². The Morgan fingerprint density at radius 2 is 1.93 bits per heavy atom. The Bertz CT molecular complexity index is 791.